The number of aromatic nitrogens is 1. The smallest absolute Gasteiger partial charge is 0.493 e. The number of halogens is 3. The Kier molecular flexibility index (Phi) is 9.29. The van der Waals surface area contributed by atoms with Gasteiger partial charge in [0.25, 0.3) is 5.56 Å². The van der Waals surface area contributed by atoms with E-state index in [1.54, 1.807) is 36.4 Å². The number of methoxy groups -OCH3 is 1. The highest BCUT2D eigenvalue weighted by Crippen LogP contribution is 2.49. The quantitative estimate of drug-likeness (QED) is 0.112. The van der Waals surface area contributed by atoms with Gasteiger partial charge in [0, 0.05) is 11.1 Å². The Bertz CT molecular complexity index is 1680. The van der Waals surface area contributed by atoms with E-state index in [2.05, 4.69) is 0 Å². The number of fused-ring (bicyclic) bond motifs is 3. The minimum absolute atomic E-state index is 0.0188. The van der Waals surface area contributed by atoms with Gasteiger partial charge in [-0.25, -0.2) is 4.79 Å². The van der Waals surface area contributed by atoms with E-state index in [0.717, 1.165) is 25.5 Å². The van der Waals surface area contributed by atoms with E-state index in [0.29, 0.717) is 29.0 Å². The number of benzene rings is 2. The van der Waals surface area contributed by atoms with Gasteiger partial charge in [0.05, 0.1) is 26.0 Å². The van der Waals surface area contributed by atoms with Crippen molar-refractivity contribution in [2.24, 2.45) is 5.92 Å². The number of hydrogen-bond donors (Lipinski definition) is 0. The zero-order valence-corrected chi connectivity index (χ0v) is 25.4. The molecule has 43 heavy (non-hydrogen) atoms. The van der Waals surface area contributed by atoms with Crippen LogP contribution in [0.15, 0.2) is 47.3 Å². The molecule has 0 fully saturated rings. The van der Waals surface area contributed by atoms with E-state index < -0.39 is 44.4 Å². The van der Waals surface area contributed by atoms with Crippen LogP contribution in [0.1, 0.15) is 72.1 Å². The van der Waals surface area contributed by atoms with Crippen molar-refractivity contribution in [2.75, 3.05) is 13.7 Å². The minimum Gasteiger partial charge on any atom is -0.493 e. The molecule has 4 rings (SSSR count). The lowest BCUT2D eigenvalue weighted by molar-refractivity contribution is -0.0501. The zero-order valence-electron chi connectivity index (χ0n) is 24.6. The summed E-state index contributed by atoms with van der Waals surface area (Å²) in [4.78, 5) is 27.1. The van der Waals surface area contributed by atoms with Crippen LogP contribution >= 0.6 is 0 Å². The molecule has 0 saturated carbocycles. The first-order valence-electron chi connectivity index (χ1n) is 13.9. The highest BCUT2D eigenvalue weighted by molar-refractivity contribution is 7.88. The van der Waals surface area contributed by atoms with Crippen LogP contribution in [0.4, 0.5) is 13.2 Å². The summed E-state index contributed by atoms with van der Waals surface area (Å²) in [6, 6.07) is 12.5. The van der Waals surface area contributed by atoms with Gasteiger partial charge in [-0.05, 0) is 60.4 Å². The fourth-order valence-electron chi connectivity index (χ4n) is 5.31. The van der Waals surface area contributed by atoms with Crippen LogP contribution in [0.2, 0.25) is 0 Å². The molecule has 0 amide bonds. The molecule has 0 spiro atoms. The average molecular weight is 622 g/mol. The average Bonchev–Trinajstić information content (AvgIpc) is 2.94. The van der Waals surface area contributed by atoms with Crippen LogP contribution in [-0.4, -0.2) is 38.2 Å². The van der Waals surface area contributed by atoms with Gasteiger partial charge >= 0.3 is 21.6 Å². The maximum Gasteiger partial charge on any atom is 0.534 e. The Labute approximate surface area is 248 Å². The molecule has 232 valence electrons. The molecule has 8 nitrogen and oxygen atoms in total. The third-order valence-corrected chi connectivity index (χ3v) is 8.49. The molecule has 1 heterocycles. The van der Waals surface area contributed by atoms with Gasteiger partial charge in [-0.2, -0.15) is 21.6 Å². The van der Waals surface area contributed by atoms with Crippen molar-refractivity contribution in [2.45, 2.75) is 64.9 Å². The van der Waals surface area contributed by atoms with Crippen molar-refractivity contribution in [3.63, 3.8) is 0 Å². The summed E-state index contributed by atoms with van der Waals surface area (Å²) < 4.78 is 82.4. The van der Waals surface area contributed by atoms with Crippen LogP contribution in [0.3, 0.4) is 0 Å². The molecule has 3 aromatic rings. The van der Waals surface area contributed by atoms with E-state index in [4.69, 9.17) is 13.7 Å². The van der Waals surface area contributed by atoms with Crippen molar-refractivity contribution in [1.82, 2.24) is 4.57 Å². The van der Waals surface area contributed by atoms with Crippen molar-refractivity contribution in [1.29, 1.82) is 0 Å². The Hall–Kier alpha value is -3.80. The van der Waals surface area contributed by atoms with Gasteiger partial charge in [-0.1, -0.05) is 57.5 Å². The molecule has 0 N–H and O–H groups in total. The molecule has 1 aliphatic rings. The fraction of sp³-hybridized carbons (Fsp3) is 0.419. The predicted molar refractivity (Wildman–Crippen MR) is 155 cm³/mol. The number of rotatable bonds is 10. The molecule has 2 aromatic carbocycles. The van der Waals surface area contributed by atoms with Crippen molar-refractivity contribution in [3.05, 3.63) is 80.6 Å². The molecule has 1 aliphatic carbocycles. The number of esters is 1. The molecule has 0 aliphatic heterocycles. The minimum atomic E-state index is -6.27. The molecular weight excluding hydrogens is 587 g/mol. The van der Waals surface area contributed by atoms with Crippen molar-refractivity contribution >= 4 is 16.1 Å². The van der Waals surface area contributed by atoms with Crippen molar-refractivity contribution in [3.8, 4) is 22.8 Å². The third-order valence-electron chi connectivity index (χ3n) is 7.53. The normalized spacial score (nSPS) is 14.7. The third kappa shape index (κ3) is 6.29. The van der Waals surface area contributed by atoms with Crippen LogP contribution in [0.5, 0.6) is 11.5 Å². The number of aryl methyl sites for hydroxylation is 1. The largest absolute Gasteiger partial charge is 0.534 e. The Morgan fingerprint density at radius 2 is 1.81 bits per heavy atom. The highest BCUT2D eigenvalue weighted by atomic mass is 32.2. The van der Waals surface area contributed by atoms with E-state index >= 15 is 0 Å². The van der Waals surface area contributed by atoms with E-state index in [1.807, 2.05) is 33.8 Å². The van der Waals surface area contributed by atoms with Gasteiger partial charge < -0.3 is 18.2 Å². The number of hydrogen-bond acceptors (Lipinski definition) is 7. The van der Waals surface area contributed by atoms with Gasteiger partial charge in [0.15, 0.2) is 11.3 Å². The van der Waals surface area contributed by atoms with Crippen LogP contribution in [0.25, 0.3) is 11.3 Å². The first-order chi connectivity index (χ1) is 20.2. The monoisotopic (exact) mass is 621 g/mol. The van der Waals surface area contributed by atoms with Gasteiger partial charge in [0.1, 0.15) is 5.75 Å². The van der Waals surface area contributed by atoms with Gasteiger partial charge in [-0.3, -0.25) is 4.79 Å². The first kappa shape index (κ1) is 32.1. The highest BCUT2D eigenvalue weighted by Gasteiger charge is 2.50. The SMILES string of the molecule is CCCCOc1cc2c(cc1C)-c1c(c(OS(=O)(=O)C(F)(F)F)c(C(=O)OC)c(=O)n1Cc1ccccc1)C(C(C)C)C2. The number of carbonyl (C=O) groups is 1. The molecule has 1 atom stereocenters. The maximum absolute atomic E-state index is 14.1. The number of pyridine rings is 1. The van der Waals surface area contributed by atoms with Crippen LogP contribution in [0, 0.1) is 12.8 Å². The molecule has 12 heteroatoms. The molecule has 0 radical (unpaired) electrons. The second-order valence-corrected chi connectivity index (χ2v) is 12.4. The number of unbranched alkanes of at least 4 members (excludes halogenated alkanes) is 1. The molecule has 1 aromatic heterocycles. The second kappa shape index (κ2) is 12.4. The summed E-state index contributed by atoms with van der Waals surface area (Å²) in [5.74, 6) is -2.55. The lowest BCUT2D eigenvalue weighted by atomic mass is 9.74. The Morgan fingerprint density at radius 3 is 2.40 bits per heavy atom. The number of ether oxygens (including phenoxy) is 2. The first-order valence-corrected chi connectivity index (χ1v) is 15.3. The standard InChI is InChI=1S/C31H34F3NO7S/c1-6-7-13-41-24-16-21-15-22(18(2)3)25-27(23(21)14-19(24)4)35(17-20-11-9-8-10-12-20)29(36)26(30(37)40-5)28(25)42-43(38,39)31(32,33)34/h8-12,14,16,18,22H,6-7,13,15,17H2,1-5H3. The molecular formula is C31H34F3NO7S. The zero-order chi connectivity index (χ0) is 31.7. The summed E-state index contributed by atoms with van der Waals surface area (Å²) in [6.45, 7) is 7.92. The summed E-state index contributed by atoms with van der Waals surface area (Å²) in [5, 5.41) is 0. The molecule has 1 unspecified atom stereocenters. The Morgan fingerprint density at radius 1 is 1.14 bits per heavy atom. The van der Waals surface area contributed by atoms with Gasteiger partial charge in [0.2, 0.25) is 0 Å². The number of alkyl halides is 3. The topological polar surface area (TPSA) is 101 Å². The Balaban J connectivity index is 2.15. The summed E-state index contributed by atoms with van der Waals surface area (Å²) in [7, 11) is -5.32. The van der Waals surface area contributed by atoms with Crippen molar-refractivity contribution < 1.29 is 40.0 Å². The van der Waals surface area contributed by atoms with Crippen LogP contribution in [-0.2, 0) is 27.8 Å². The number of carbonyl (C=O) groups excluding carboxylic acids is 1. The fourth-order valence-corrected chi connectivity index (χ4v) is 5.79. The molecule has 0 saturated heterocycles. The lowest BCUT2D eigenvalue weighted by Crippen LogP contribution is -2.36. The summed E-state index contributed by atoms with van der Waals surface area (Å²) in [5.41, 5.74) is -4.93. The summed E-state index contributed by atoms with van der Waals surface area (Å²) in [6.07, 6.45) is 2.04. The van der Waals surface area contributed by atoms with E-state index in [1.165, 1.54) is 4.57 Å². The number of nitrogens with zero attached hydrogens (tertiary/aromatic N) is 1. The molecule has 0 bridgehead atoms. The lowest BCUT2D eigenvalue weighted by Gasteiger charge is -2.35. The maximum atomic E-state index is 14.1. The van der Waals surface area contributed by atoms with Gasteiger partial charge in [-0.15, -0.1) is 0 Å². The second-order valence-electron chi connectivity index (χ2n) is 10.8. The van der Waals surface area contributed by atoms with Crippen LogP contribution < -0.4 is 14.5 Å². The summed E-state index contributed by atoms with van der Waals surface area (Å²) >= 11 is 0. The van der Waals surface area contributed by atoms with E-state index in [9.17, 15) is 31.2 Å². The van der Waals surface area contributed by atoms with E-state index in [-0.39, 0.29) is 30.1 Å². The predicted octanol–water partition coefficient (Wildman–Crippen LogP) is 6.36.